The van der Waals surface area contributed by atoms with Gasteiger partial charge in [0.1, 0.15) is 5.75 Å². The van der Waals surface area contributed by atoms with Crippen molar-refractivity contribution in [2.75, 3.05) is 45.1 Å². The molecule has 33 heavy (non-hydrogen) atoms. The number of carbonyl (C=O) groups is 1. The number of alkyl halides is 3. The van der Waals surface area contributed by atoms with Crippen LogP contribution in [0.2, 0.25) is 0 Å². The van der Waals surface area contributed by atoms with Crippen molar-refractivity contribution in [3.8, 4) is 5.75 Å². The molecule has 1 aliphatic carbocycles. The van der Waals surface area contributed by atoms with Crippen molar-refractivity contribution in [3.05, 3.63) is 29.8 Å². The van der Waals surface area contributed by atoms with Gasteiger partial charge in [0, 0.05) is 43.8 Å². The minimum atomic E-state index is -4.71. The van der Waals surface area contributed by atoms with Crippen LogP contribution in [0.5, 0.6) is 5.75 Å². The zero-order chi connectivity index (χ0) is 23.0. The fraction of sp³-hybridized carbons (Fsp3) is 0.652. The zero-order valence-corrected chi connectivity index (χ0v) is 19.1. The van der Waals surface area contributed by atoms with Gasteiger partial charge in [0.05, 0.1) is 24.3 Å². The molecule has 1 saturated carbocycles. The molecule has 0 bridgehead atoms. The molecule has 0 N–H and O–H groups in total. The summed E-state index contributed by atoms with van der Waals surface area (Å²) in [6.07, 6.45) is -1.38. The maximum absolute atomic E-state index is 13.3. The lowest BCUT2D eigenvalue weighted by molar-refractivity contribution is -0.274. The van der Waals surface area contributed by atoms with Crippen LogP contribution in [-0.4, -0.2) is 78.4 Å². The third kappa shape index (κ3) is 5.59. The van der Waals surface area contributed by atoms with E-state index in [0.29, 0.717) is 51.4 Å². The van der Waals surface area contributed by atoms with E-state index >= 15 is 0 Å². The number of aliphatic imine (C=N–C) groups is 1. The van der Waals surface area contributed by atoms with Crippen molar-refractivity contribution < 1.29 is 27.4 Å². The number of carbonyl (C=O) groups excluding carboxylic acids is 1. The highest BCUT2D eigenvalue weighted by Gasteiger charge is 2.40. The lowest BCUT2D eigenvalue weighted by atomic mass is 9.85. The zero-order valence-electron chi connectivity index (χ0n) is 18.3. The van der Waals surface area contributed by atoms with E-state index < -0.39 is 6.36 Å². The van der Waals surface area contributed by atoms with Gasteiger partial charge >= 0.3 is 12.4 Å². The molecule has 180 valence electrons. The molecule has 4 aliphatic rings. The normalized spacial score (nSPS) is 28.6. The van der Waals surface area contributed by atoms with Crippen LogP contribution in [0.4, 0.5) is 18.0 Å². The predicted octanol–water partition coefficient (Wildman–Crippen LogP) is 4.37. The fourth-order valence-corrected chi connectivity index (χ4v) is 6.23. The molecular weight excluding hydrogens is 455 g/mol. The Morgan fingerprint density at radius 3 is 2.42 bits per heavy atom. The number of urea groups is 1. The third-order valence-corrected chi connectivity index (χ3v) is 8.04. The fourth-order valence-electron chi connectivity index (χ4n) is 4.93. The molecular formula is C23H28F3N3O3S. The maximum atomic E-state index is 13.3. The number of hydrogen-bond acceptors (Lipinski definition) is 5. The summed E-state index contributed by atoms with van der Waals surface area (Å²) in [4.78, 5) is 22.0. The van der Waals surface area contributed by atoms with Crippen molar-refractivity contribution >= 4 is 22.8 Å². The van der Waals surface area contributed by atoms with Gasteiger partial charge in [-0.2, -0.15) is 0 Å². The predicted molar refractivity (Wildman–Crippen MR) is 120 cm³/mol. The number of morpholine rings is 1. The van der Waals surface area contributed by atoms with E-state index in [1.165, 1.54) is 25.0 Å². The van der Waals surface area contributed by atoms with Crippen molar-refractivity contribution in [1.82, 2.24) is 9.80 Å². The second-order valence-electron chi connectivity index (χ2n) is 9.22. The molecule has 6 nitrogen and oxygen atoms in total. The van der Waals surface area contributed by atoms with E-state index in [-0.39, 0.29) is 23.6 Å². The van der Waals surface area contributed by atoms with Crippen LogP contribution in [0.3, 0.4) is 0 Å². The lowest BCUT2D eigenvalue weighted by Gasteiger charge is -2.41. The molecule has 1 aromatic rings. The minimum Gasteiger partial charge on any atom is -0.406 e. The quantitative estimate of drug-likeness (QED) is 0.639. The highest BCUT2D eigenvalue weighted by molar-refractivity contribution is 8.14. The summed E-state index contributed by atoms with van der Waals surface area (Å²) in [5, 5.41) is 1.13. The second-order valence-corrected chi connectivity index (χ2v) is 10.3. The van der Waals surface area contributed by atoms with Gasteiger partial charge in [-0.3, -0.25) is 4.99 Å². The van der Waals surface area contributed by atoms with Gasteiger partial charge in [-0.15, -0.1) is 24.9 Å². The molecule has 0 spiro atoms. The van der Waals surface area contributed by atoms with Crippen molar-refractivity contribution in [2.24, 2.45) is 16.8 Å². The summed E-state index contributed by atoms with van der Waals surface area (Å²) in [5.41, 5.74) is 0.913. The topological polar surface area (TPSA) is 54.4 Å². The Bertz CT molecular complexity index is 885. The van der Waals surface area contributed by atoms with Crippen molar-refractivity contribution in [3.63, 3.8) is 0 Å². The number of benzene rings is 1. The average Bonchev–Trinajstić information content (AvgIpc) is 3.54. The van der Waals surface area contributed by atoms with E-state index in [1.807, 2.05) is 21.6 Å². The first kappa shape index (κ1) is 22.8. The van der Waals surface area contributed by atoms with Crippen LogP contribution < -0.4 is 4.74 Å². The van der Waals surface area contributed by atoms with Crippen LogP contribution in [0.25, 0.3) is 0 Å². The Morgan fingerprint density at radius 1 is 1.06 bits per heavy atom. The number of piperidine rings is 1. The van der Waals surface area contributed by atoms with Gasteiger partial charge in [0.15, 0.2) is 0 Å². The Labute approximate surface area is 195 Å². The number of hydrogen-bond donors (Lipinski definition) is 0. The molecule has 3 heterocycles. The van der Waals surface area contributed by atoms with Crippen LogP contribution in [0.15, 0.2) is 29.3 Å². The number of nitrogens with zero attached hydrogens (tertiary/aromatic N) is 3. The Kier molecular flexibility index (Phi) is 6.48. The summed E-state index contributed by atoms with van der Waals surface area (Å²) >= 11 is 1.81. The largest absolute Gasteiger partial charge is 0.573 e. The summed E-state index contributed by atoms with van der Waals surface area (Å²) < 4.78 is 47.0. The van der Waals surface area contributed by atoms with E-state index in [2.05, 4.69) is 4.74 Å². The summed E-state index contributed by atoms with van der Waals surface area (Å²) in [7, 11) is 0. The first-order chi connectivity index (χ1) is 15.9. The van der Waals surface area contributed by atoms with Gasteiger partial charge in [0.2, 0.25) is 0 Å². The van der Waals surface area contributed by atoms with E-state index in [0.717, 1.165) is 22.8 Å². The molecule has 10 heteroatoms. The second kappa shape index (κ2) is 9.37. The van der Waals surface area contributed by atoms with Gasteiger partial charge in [0.25, 0.3) is 0 Å². The first-order valence-electron chi connectivity index (χ1n) is 11.5. The molecule has 2 saturated heterocycles. The smallest absolute Gasteiger partial charge is 0.406 e. The van der Waals surface area contributed by atoms with Crippen LogP contribution >= 0.6 is 11.8 Å². The summed E-state index contributed by atoms with van der Waals surface area (Å²) in [6.45, 7) is 3.40. The van der Waals surface area contributed by atoms with Crippen LogP contribution in [0, 0.1) is 11.8 Å². The molecule has 1 aromatic carbocycles. The molecule has 3 fully saturated rings. The van der Waals surface area contributed by atoms with Gasteiger partial charge in [-0.1, -0.05) is 12.1 Å². The summed E-state index contributed by atoms with van der Waals surface area (Å²) in [6, 6.07) is 6.47. The maximum Gasteiger partial charge on any atom is 0.573 e. The number of amides is 2. The van der Waals surface area contributed by atoms with Gasteiger partial charge < -0.3 is 19.3 Å². The lowest BCUT2D eigenvalue weighted by Crippen LogP contribution is -2.53. The SMILES string of the molecule is O=C(N1CCOCC1)N1CC(C2=NC(C3CC3)CS2)CC(c2ccc(OC(F)(F)F)cc2)C1. The Morgan fingerprint density at radius 2 is 1.76 bits per heavy atom. The molecule has 2 amide bonds. The van der Waals surface area contributed by atoms with Crippen LogP contribution in [-0.2, 0) is 4.74 Å². The monoisotopic (exact) mass is 483 g/mol. The van der Waals surface area contributed by atoms with E-state index in [9.17, 15) is 18.0 Å². The molecule has 0 aromatic heterocycles. The van der Waals surface area contributed by atoms with Crippen molar-refractivity contribution in [1.29, 1.82) is 0 Å². The Balaban J connectivity index is 1.34. The van der Waals surface area contributed by atoms with Crippen LogP contribution in [0.1, 0.15) is 30.7 Å². The van der Waals surface area contributed by atoms with Gasteiger partial charge in [-0.05, 0) is 42.9 Å². The van der Waals surface area contributed by atoms with Crippen molar-refractivity contribution in [2.45, 2.75) is 37.6 Å². The third-order valence-electron chi connectivity index (χ3n) is 6.80. The standard InChI is InChI=1S/C23H28F3N3O3S/c24-23(25,26)32-19-5-3-15(4-6-19)17-11-18(21-27-20(14-33-21)16-1-2-16)13-29(12-17)22(30)28-7-9-31-10-8-28/h3-6,16-18,20H,1-2,7-14H2. The molecule has 3 aliphatic heterocycles. The number of halogens is 3. The van der Waals surface area contributed by atoms with E-state index in [4.69, 9.17) is 9.73 Å². The Hall–Kier alpha value is -1.94. The number of likely N-dealkylation sites (tertiary alicyclic amines) is 1. The van der Waals surface area contributed by atoms with Gasteiger partial charge in [-0.25, -0.2) is 4.79 Å². The highest BCUT2D eigenvalue weighted by atomic mass is 32.2. The highest BCUT2D eigenvalue weighted by Crippen LogP contribution is 2.42. The number of rotatable bonds is 4. The van der Waals surface area contributed by atoms with E-state index in [1.54, 1.807) is 12.1 Å². The molecule has 3 unspecified atom stereocenters. The molecule has 0 radical (unpaired) electrons. The molecule has 3 atom stereocenters. The average molecular weight is 484 g/mol. The minimum absolute atomic E-state index is 0.00682. The number of thioether (sulfide) groups is 1. The molecule has 5 rings (SSSR count). The summed E-state index contributed by atoms with van der Waals surface area (Å²) in [5.74, 6) is 1.66. The number of ether oxygens (including phenoxy) is 2. The first-order valence-corrected chi connectivity index (χ1v) is 12.5.